The standard InChI is InChI=1S/C12H12N6S/c13-16-12(11-8-14-17-19-11)10-6-7-15-18(10)9-4-2-1-3-5-9/h1-8,12,16H,13H2. The highest BCUT2D eigenvalue weighted by Gasteiger charge is 2.19. The maximum atomic E-state index is 5.66. The summed E-state index contributed by atoms with van der Waals surface area (Å²) in [7, 11) is 0. The van der Waals surface area contributed by atoms with Crippen molar-refractivity contribution in [1.29, 1.82) is 0 Å². The van der Waals surface area contributed by atoms with Crippen molar-refractivity contribution in [2.75, 3.05) is 0 Å². The third kappa shape index (κ3) is 2.26. The molecule has 0 saturated carbocycles. The van der Waals surface area contributed by atoms with Gasteiger partial charge in [-0.3, -0.25) is 5.84 Å². The van der Waals surface area contributed by atoms with E-state index >= 15 is 0 Å². The molecule has 1 unspecified atom stereocenters. The summed E-state index contributed by atoms with van der Waals surface area (Å²) in [6.07, 6.45) is 3.46. The van der Waals surface area contributed by atoms with Crippen molar-refractivity contribution >= 4 is 11.5 Å². The van der Waals surface area contributed by atoms with Gasteiger partial charge in [0.05, 0.1) is 22.5 Å². The second kappa shape index (κ2) is 5.27. The first-order valence-electron chi connectivity index (χ1n) is 5.73. The number of rotatable bonds is 4. The van der Waals surface area contributed by atoms with Crippen LogP contribution in [0.2, 0.25) is 0 Å². The van der Waals surface area contributed by atoms with E-state index in [2.05, 4.69) is 20.1 Å². The Kier molecular flexibility index (Phi) is 3.32. The molecule has 0 aliphatic heterocycles. The summed E-state index contributed by atoms with van der Waals surface area (Å²) in [4.78, 5) is 0.945. The first kappa shape index (κ1) is 12.0. The molecule has 0 amide bonds. The predicted molar refractivity (Wildman–Crippen MR) is 72.6 cm³/mol. The molecule has 0 bridgehead atoms. The summed E-state index contributed by atoms with van der Waals surface area (Å²) < 4.78 is 5.72. The predicted octanol–water partition coefficient (Wildman–Crippen LogP) is 1.28. The van der Waals surface area contributed by atoms with Gasteiger partial charge in [0, 0.05) is 6.20 Å². The van der Waals surface area contributed by atoms with Crippen molar-refractivity contribution in [1.82, 2.24) is 24.8 Å². The molecule has 0 spiro atoms. The first-order chi connectivity index (χ1) is 9.40. The molecular formula is C12H12N6S. The van der Waals surface area contributed by atoms with Crippen LogP contribution in [0, 0.1) is 0 Å². The fourth-order valence-corrected chi connectivity index (χ4v) is 2.51. The van der Waals surface area contributed by atoms with Gasteiger partial charge < -0.3 is 0 Å². The Morgan fingerprint density at radius 1 is 1.21 bits per heavy atom. The minimum Gasteiger partial charge on any atom is -0.270 e. The fourth-order valence-electron chi connectivity index (χ4n) is 1.93. The molecule has 6 nitrogen and oxygen atoms in total. The van der Waals surface area contributed by atoms with E-state index in [0.717, 1.165) is 16.3 Å². The van der Waals surface area contributed by atoms with Gasteiger partial charge in [0.1, 0.15) is 6.04 Å². The zero-order valence-electron chi connectivity index (χ0n) is 9.97. The SMILES string of the molecule is NNC(c1cnns1)c1ccnn1-c1ccccc1. The summed E-state index contributed by atoms with van der Waals surface area (Å²) >= 11 is 1.31. The average molecular weight is 272 g/mol. The van der Waals surface area contributed by atoms with Crippen LogP contribution in [0.4, 0.5) is 0 Å². The molecule has 2 heterocycles. The van der Waals surface area contributed by atoms with Gasteiger partial charge in [0.25, 0.3) is 0 Å². The maximum absolute atomic E-state index is 5.66. The van der Waals surface area contributed by atoms with E-state index in [-0.39, 0.29) is 6.04 Å². The largest absolute Gasteiger partial charge is 0.270 e. The molecule has 0 radical (unpaired) electrons. The highest BCUT2D eigenvalue weighted by molar-refractivity contribution is 7.05. The molecule has 0 saturated heterocycles. The van der Waals surface area contributed by atoms with E-state index in [9.17, 15) is 0 Å². The van der Waals surface area contributed by atoms with Gasteiger partial charge in [0.2, 0.25) is 0 Å². The number of hydrazine groups is 1. The number of para-hydroxylation sites is 1. The molecule has 19 heavy (non-hydrogen) atoms. The second-order valence-corrected chi connectivity index (χ2v) is 4.74. The second-order valence-electron chi connectivity index (χ2n) is 3.92. The highest BCUT2D eigenvalue weighted by Crippen LogP contribution is 2.24. The van der Waals surface area contributed by atoms with Gasteiger partial charge in [-0.2, -0.15) is 5.10 Å². The Morgan fingerprint density at radius 2 is 2.05 bits per heavy atom. The average Bonchev–Trinajstić information content (AvgIpc) is 3.12. The lowest BCUT2D eigenvalue weighted by molar-refractivity contribution is 0.604. The van der Waals surface area contributed by atoms with Crippen LogP contribution in [-0.4, -0.2) is 19.4 Å². The van der Waals surface area contributed by atoms with E-state index in [1.165, 1.54) is 11.5 Å². The van der Waals surface area contributed by atoms with Crippen molar-refractivity contribution in [3.8, 4) is 5.69 Å². The Bertz CT molecular complexity index is 633. The van der Waals surface area contributed by atoms with E-state index in [1.807, 2.05) is 41.1 Å². The van der Waals surface area contributed by atoms with Gasteiger partial charge in [-0.1, -0.05) is 22.7 Å². The van der Waals surface area contributed by atoms with Gasteiger partial charge in [-0.05, 0) is 29.7 Å². The maximum Gasteiger partial charge on any atom is 0.101 e. The molecule has 0 fully saturated rings. The minimum atomic E-state index is -0.178. The lowest BCUT2D eigenvalue weighted by atomic mass is 10.2. The normalized spacial score (nSPS) is 12.5. The Labute approximate surface area is 114 Å². The summed E-state index contributed by atoms with van der Waals surface area (Å²) in [6, 6.07) is 11.7. The zero-order chi connectivity index (χ0) is 13.1. The molecular weight excluding hydrogens is 260 g/mol. The fraction of sp³-hybridized carbons (Fsp3) is 0.0833. The molecule has 96 valence electrons. The van der Waals surface area contributed by atoms with Crippen molar-refractivity contribution in [3.63, 3.8) is 0 Å². The number of hydrogen-bond donors (Lipinski definition) is 2. The molecule has 7 heteroatoms. The molecule has 3 N–H and O–H groups in total. The lowest BCUT2D eigenvalue weighted by Gasteiger charge is -2.15. The van der Waals surface area contributed by atoms with Crippen LogP contribution in [0.3, 0.4) is 0 Å². The Balaban J connectivity index is 2.04. The van der Waals surface area contributed by atoms with Gasteiger partial charge >= 0.3 is 0 Å². The monoisotopic (exact) mass is 272 g/mol. The zero-order valence-corrected chi connectivity index (χ0v) is 10.8. The summed E-state index contributed by atoms with van der Waals surface area (Å²) in [6.45, 7) is 0. The molecule has 1 atom stereocenters. The summed E-state index contributed by atoms with van der Waals surface area (Å²) in [5.41, 5.74) is 4.72. The van der Waals surface area contributed by atoms with Crippen molar-refractivity contribution in [3.05, 3.63) is 59.4 Å². The third-order valence-corrected chi connectivity index (χ3v) is 3.53. The van der Waals surface area contributed by atoms with Crippen LogP contribution in [0.15, 0.2) is 48.8 Å². The topological polar surface area (TPSA) is 81.7 Å². The Morgan fingerprint density at radius 3 is 2.74 bits per heavy atom. The van der Waals surface area contributed by atoms with E-state index in [0.29, 0.717) is 0 Å². The third-order valence-electron chi connectivity index (χ3n) is 2.80. The lowest BCUT2D eigenvalue weighted by Crippen LogP contribution is -2.30. The molecule has 2 aromatic heterocycles. The van der Waals surface area contributed by atoms with E-state index in [1.54, 1.807) is 12.4 Å². The van der Waals surface area contributed by atoms with Crippen LogP contribution in [0.25, 0.3) is 5.69 Å². The minimum absolute atomic E-state index is 0.178. The van der Waals surface area contributed by atoms with E-state index in [4.69, 9.17) is 5.84 Å². The van der Waals surface area contributed by atoms with Crippen LogP contribution in [0.1, 0.15) is 16.6 Å². The van der Waals surface area contributed by atoms with Crippen molar-refractivity contribution < 1.29 is 0 Å². The first-order valence-corrected chi connectivity index (χ1v) is 6.50. The highest BCUT2D eigenvalue weighted by atomic mass is 32.1. The van der Waals surface area contributed by atoms with Gasteiger partial charge in [-0.15, -0.1) is 5.10 Å². The van der Waals surface area contributed by atoms with Crippen molar-refractivity contribution in [2.45, 2.75) is 6.04 Å². The molecule has 3 rings (SSSR count). The van der Waals surface area contributed by atoms with Crippen LogP contribution >= 0.6 is 11.5 Å². The summed E-state index contributed by atoms with van der Waals surface area (Å²) in [5, 5.41) is 8.20. The van der Waals surface area contributed by atoms with Gasteiger partial charge in [-0.25, -0.2) is 10.1 Å². The van der Waals surface area contributed by atoms with Crippen LogP contribution in [0.5, 0.6) is 0 Å². The number of nitrogens with two attached hydrogens (primary N) is 1. The molecule has 1 aromatic carbocycles. The quantitative estimate of drug-likeness (QED) is 0.552. The van der Waals surface area contributed by atoms with E-state index < -0.39 is 0 Å². The number of benzene rings is 1. The number of hydrogen-bond acceptors (Lipinski definition) is 6. The van der Waals surface area contributed by atoms with Crippen molar-refractivity contribution in [2.24, 2.45) is 5.84 Å². The smallest absolute Gasteiger partial charge is 0.101 e. The molecule has 0 aliphatic rings. The van der Waals surface area contributed by atoms with Crippen LogP contribution in [-0.2, 0) is 0 Å². The number of aromatic nitrogens is 4. The number of nitrogens with one attached hydrogen (secondary N) is 1. The molecule has 0 aliphatic carbocycles. The van der Waals surface area contributed by atoms with Gasteiger partial charge in [0.15, 0.2) is 0 Å². The summed E-state index contributed by atoms with van der Waals surface area (Å²) in [5.74, 6) is 5.66. The number of nitrogens with zero attached hydrogens (tertiary/aromatic N) is 4. The van der Waals surface area contributed by atoms with Crippen LogP contribution < -0.4 is 11.3 Å². The Hall–Kier alpha value is -2.09. The molecule has 3 aromatic rings.